The minimum Gasteiger partial charge on any atom is -0.381 e. The molecule has 0 unspecified atom stereocenters. The van der Waals surface area contributed by atoms with Crippen molar-refractivity contribution < 1.29 is 4.74 Å². The van der Waals surface area contributed by atoms with Crippen LogP contribution in [0.3, 0.4) is 0 Å². The molecule has 2 nitrogen and oxygen atoms in total. The molecule has 13 heavy (non-hydrogen) atoms. The molecule has 1 saturated heterocycles. The molecule has 0 atom stereocenters. The quantitative estimate of drug-likeness (QED) is 0.701. The minimum atomic E-state index is 0.682. The molecule has 0 saturated carbocycles. The highest BCUT2D eigenvalue weighted by Crippen LogP contribution is 2.19. The van der Waals surface area contributed by atoms with Crippen LogP contribution >= 0.6 is 15.9 Å². The Morgan fingerprint density at radius 3 is 2.77 bits per heavy atom. The number of halogens is 1. The van der Waals surface area contributed by atoms with Crippen molar-refractivity contribution in [3.63, 3.8) is 0 Å². The fourth-order valence-corrected chi connectivity index (χ4v) is 2.04. The Morgan fingerprint density at radius 1 is 1.38 bits per heavy atom. The first-order valence-electron chi connectivity index (χ1n) is 4.73. The van der Waals surface area contributed by atoms with E-state index in [0.29, 0.717) is 6.04 Å². The molecule has 72 valence electrons. The van der Waals surface area contributed by atoms with E-state index >= 15 is 0 Å². The molecule has 0 aromatic heterocycles. The Kier molecular flexibility index (Phi) is 3.06. The molecule has 0 amide bonds. The van der Waals surface area contributed by atoms with E-state index in [-0.39, 0.29) is 0 Å². The number of hydrogen-bond donors (Lipinski definition) is 0. The highest BCUT2D eigenvalue weighted by atomic mass is 79.9. The van der Waals surface area contributed by atoms with Crippen LogP contribution in [-0.2, 0) is 4.74 Å². The predicted octanol–water partition coefficient (Wildman–Crippen LogP) is 2.27. The highest BCUT2D eigenvalue weighted by Gasteiger charge is 2.19. The Morgan fingerprint density at radius 2 is 2.15 bits per heavy atom. The molecule has 0 bridgehead atoms. The van der Waals surface area contributed by atoms with Crippen molar-refractivity contribution in [1.29, 1.82) is 0 Å². The van der Waals surface area contributed by atoms with Gasteiger partial charge in [0.05, 0.1) is 0 Å². The summed E-state index contributed by atoms with van der Waals surface area (Å²) >= 11 is 3.46. The predicted molar refractivity (Wildman–Crippen MR) is 56.7 cm³/mol. The molecule has 0 aromatic rings. The molecule has 0 radical (unpaired) electrons. The standard InChI is InChI=1S/C10H14BrNO/c11-9-1-5-12(6-2-9)10-3-7-13-8-4-10/h1-2,5,10H,3-4,6-8H2. The summed E-state index contributed by atoms with van der Waals surface area (Å²) in [4.78, 5) is 2.40. The summed E-state index contributed by atoms with van der Waals surface area (Å²) in [7, 11) is 0. The largest absolute Gasteiger partial charge is 0.381 e. The zero-order chi connectivity index (χ0) is 9.10. The smallest absolute Gasteiger partial charge is 0.0485 e. The molecule has 2 aliphatic heterocycles. The average Bonchev–Trinajstić information content (AvgIpc) is 2.20. The molecule has 2 aliphatic rings. The van der Waals surface area contributed by atoms with Crippen LogP contribution in [0.5, 0.6) is 0 Å². The van der Waals surface area contributed by atoms with Crippen molar-refractivity contribution in [2.45, 2.75) is 18.9 Å². The summed E-state index contributed by atoms with van der Waals surface area (Å²) in [5.41, 5.74) is 0. The third-order valence-corrected chi connectivity index (χ3v) is 3.17. The summed E-state index contributed by atoms with van der Waals surface area (Å²) in [6.07, 6.45) is 8.82. The van der Waals surface area contributed by atoms with Crippen LogP contribution in [0.1, 0.15) is 12.8 Å². The van der Waals surface area contributed by atoms with Crippen LogP contribution in [0.4, 0.5) is 0 Å². The van der Waals surface area contributed by atoms with E-state index in [0.717, 1.165) is 32.6 Å². The summed E-state index contributed by atoms with van der Waals surface area (Å²) in [6.45, 7) is 2.86. The van der Waals surface area contributed by atoms with Gasteiger partial charge in [-0.3, -0.25) is 0 Å². The Bertz CT molecular complexity index is 231. The van der Waals surface area contributed by atoms with Gasteiger partial charge in [-0.25, -0.2) is 0 Å². The molecule has 3 heteroatoms. The number of nitrogens with zero attached hydrogens (tertiary/aromatic N) is 1. The molecule has 0 aliphatic carbocycles. The number of hydrogen-bond acceptors (Lipinski definition) is 2. The van der Waals surface area contributed by atoms with Gasteiger partial charge >= 0.3 is 0 Å². The molecule has 2 rings (SSSR count). The lowest BCUT2D eigenvalue weighted by atomic mass is 10.1. The molecular formula is C10H14BrNO. The van der Waals surface area contributed by atoms with Crippen molar-refractivity contribution in [2.75, 3.05) is 19.8 Å². The molecular weight excluding hydrogens is 230 g/mol. The van der Waals surface area contributed by atoms with Gasteiger partial charge in [-0.1, -0.05) is 22.0 Å². The Labute approximate surface area is 87.4 Å². The van der Waals surface area contributed by atoms with E-state index < -0.39 is 0 Å². The van der Waals surface area contributed by atoms with Gasteiger partial charge in [-0.15, -0.1) is 0 Å². The summed E-state index contributed by atoms with van der Waals surface area (Å²) < 4.78 is 6.53. The molecule has 2 heterocycles. The zero-order valence-corrected chi connectivity index (χ0v) is 9.16. The van der Waals surface area contributed by atoms with E-state index in [4.69, 9.17) is 4.74 Å². The highest BCUT2D eigenvalue weighted by molar-refractivity contribution is 9.11. The van der Waals surface area contributed by atoms with Gasteiger partial charge in [0.1, 0.15) is 0 Å². The summed E-state index contributed by atoms with van der Waals surface area (Å²) in [5, 5.41) is 0. The second kappa shape index (κ2) is 4.29. The van der Waals surface area contributed by atoms with Crippen LogP contribution in [0, 0.1) is 0 Å². The Balaban J connectivity index is 1.91. The van der Waals surface area contributed by atoms with Crippen LogP contribution in [0.2, 0.25) is 0 Å². The van der Waals surface area contributed by atoms with E-state index in [9.17, 15) is 0 Å². The number of ether oxygens (including phenoxy) is 1. The van der Waals surface area contributed by atoms with Gasteiger partial charge in [0, 0.05) is 36.5 Å². The maximum atomic E-state index is 5.34. The number of allylic oxidation sites excluding steroid dienone is 2. The van der Waals surface area contributed by atoms with Crippen molar-refractivity contribution in [2.24, 2.45) is 0 Å². The van der Waals surface area contributed by atoms with E-state index in [1.807, 2.05) is 0 Å². The van der Waals surface area contributed by atoms with Crippen molar-refractivity contribution in [3.8, 4) is 0 Å². The lowest BCUT2D eigenvalue weighted by Crippen LogP contribution is -2.36. The van der Waals surface area contributed by atoms with Crippen LogP contribution in [-0.4, -0.2) is 30.7 Å². The molecule has 1 fully saturated rings. The second-order valence-corrected chi connectivity index (χ2v) is 4.36. The van der Waals surface area contributed by atoms with E-state index in [1.54, 1.807) is 0 Å². The normalized spacial score (nSPS) is 24.7. The monoisotopic (exact) mass is 243 g/mol. The van der Waals surface area contributed by atoms with Crippen molar-refractivity contribution in [3.05, 3.63) is 22.8 Å². The Hall–Kier alpha value is -0.280. The van der Waals surface area contributed by atoms with Crippen LogP contribution < -0.4 is 0 Å². The maximum Gasteiger partial charge on any atom is 0.0485 e. The van der Waals surface area contributed by atoms with Gasteiger partial charge in [-0.05, 0) is 18.9 Å². The fourth-order valence-electron chi connectivity index (χ4n) is 1.78. The first kappa shape index (κ1) is 9.28. The maximum absolute atomic E-state index is 5.34. The van der Waals surface area contributed by atoms with Gasteiger partial charge in [0.15, 0.2) is 0 Å². The lowest BCUT2D eigenvalue weighted by molar-refractivity contribution is 0.0521. The molecule has 0 N–H and O–H groups in total. The SMILES string of the molecule is BrC1=CCN(C2CCOCC2)C=C1. The fraction of sp³-hybridized carbons (Fsp3) is 0.600. The van der Waals surface area contributed by atoms with Gasteiger partial charge in [0.2, 0.25) is 0 Å². The van der Waals surface area contributed by atoms with Gasteiger partial charge in [-0.2, -0.15) is 0 Å². The van der Waals surface area contributed by atoms with E-state index in [2.05, 4.69) is 39.2 Å². The zero-order valence-electron chi connectivity index (χ0n) is 7.58. The van der Waals surface area contributed by atoms with Crippen LogP contribution in [0.15, 0.2) is 22.8 Å². The topological polar surface area (TPSA) is 12.5 Å². The number of rotatable bonds is 1. The minimum absolute atomic E-state index is 0.682. The van der Waals surface area contributed by atoms with E-state index in [1.165, 1.54) is 4.48 Å². The van der Waals surface area contributed by atoms with Crippen molar-refractivity contribution >= 4 is 15.9 Å². The van der Waals surface area contributed by atoms with Gasteiger partial charge < -0.3 is 9.64 Å². The van der Waals surface area contributed by atoms with Crippen LogP contribution in [0.25, 0.3) is 0 Å². The molecule has 0 spiro atoms. The first-order valence-corrected chi connectivity index (χ1v) is 5.53. The summed E-state index contributed by atoms with van der Waals surface area (Å²) in [5.74, 6) is 0. The van der Waals surface area contributed by atoms with Gasteiger partial charge in [0.25, 0.3) is 0 Å². The third kappa shape index (κ3) is 2.35. The first-order chi connectivity index (χ1) is 6.36. The van der Waals surface area contributed by atoms with Crippen molar-refractivity contribution in [1.82, 2.24) is 4.90 Å². The lowest BCUT2D eigenvalue weighted by Gasteiger charge is -2.33. The molecule has 0 aromatic carbocycles. The third-order valence-electron chi connectivity index (χ3n) is 2.58. The second-order valence-electron chi connectivity index (χ2n) is 3.45. The average molecular weight is 244 g/mol. The summed E-state index contributed by atoms with van der Waals surface area (Å²) in [6, 6.07) is 0.682.